The second-order valence-corrected chi connectivity index (χ2v) is 5.58. The zero-order valence-corrected chi connectivity index (χ0v) is 12.5. The highest BCUT2D eigenvalue weighted by atomic mass is 19.1. The molecular weight excluding hydrogens is 299 g/mol. The van der Waals surface area contributed by atoms with Gasteiger partial charge in [-0.3, -0.25) is 10.1 Å². The van der Waals surface area contributed by atoms with Gasteiger partial charge in [0.15, 0.2) is 0 Å². The topological polar surface area (TPSA) is 71.3 Å². The highest BCUT2D eigenvalue weighted by Gasteiger charge is 2.22. The van der Waals surface area contributed by atoms with Crippen LogP contribution in [0.4, 0.5) is 15.8 Å². The van der Waals surface area contributed by atoms with Gasteiger partial charge in [0.1, 0.15) is 0 Å². The van der Waals surface area contributed by atoms with Gasteiger partial charge in [-0.05, 0) is 24.1 Å². The number of nitro benzene ring substituents is 1. The Balaban J connectivity index is 1.52. The van der Waals surface area contributed by atoms with Gasteiger partial charge in [0.05, 0.1) is 16.8 Å². The van der Waals surface area contributed by atoms with Gasteiger partial charge in [-0.2, -0.15) is 4.39 Å². The van der Waals surface area contributed by atoms with Gasteiger partial charge >= 0.3 is 0 Å². The van der Waals surface area contributed by atoms with Crippen molar-refractivity contribution in [1.82, 2.24) is 10.3 Å². The van der Waals surface area contributed by atoms with E-state index in [9.17, 15) is 14.5 Å². The summed E-state index contributed by atoms with van der Waals surface area (Å²) in [6.45, 7) is 2.39. The van der Waals surface area contributed by atoms with E-state index in [0.717, 1.165) is 30.8 Å². The number of rotatable bonds is 5. The second-order valence-electron chi connectivity index (χ2n) is 5.58. The molecular formula is C16H17FN4O2. The van der Waals surface area contributed by atoms with Crippen LogP contribution < -0.4 is 10.2 Å². The Morgan fingerprint density at radius 2 is 2.09 bits per heavy atom. The standard InChI is InChI=1S/C16H17FN4O2/c17-16-6-5-15(10-19-16)20-8-7-13(11-20)18-9-12-1-3-14(4-2-12)21(22)23/h1-6,10,13,18H,7-9,11H2/t13-/m0/s1. The van der Waals surface area contributed by atoms with E-state index in [1.807, 2.05) is 0 Å². The fraction of sp³-hybridized carbons (Fsp3) is 0.312. The van der Waals surface area contributed by atoms with Crippen LogP contribution in [0.2, 0.25) is 0 Å². The summed E-state index contributed by atoms with van der Waals surface area (Å²) in [7, 11) is 0. The molecule has 0 bridgehead atoms. The molecule has 1 saturated heterocycles. The molecule has 120 valence electrons. The number of nitrogens with zero attached hydrogens (tertiary/aromatic N) is 3. The lowest BCUT2D eigenvalue weighted by atomic mass is 10.2. The largest absolute Gasteiger partial charge is 0.369 e. The minimum Gasteiger partial charge on any atom is -0.369 e. The summed E-state index contributed by atoms with van der Waals surface area (Å²) in [6.07, 6.45) is 2.54. The molecule has 6 nitrogen and oxygen atoms in total. The SMILES string of the molecule is O=[N+]([O-])c1ccc(CN[C@H]2CCN(c3ccc(F)nc3)C2)cc1. The fourth-order valence-corrected chi connectivity index (χ4v) is 2.71. The van der Waals surface area contributed by atoms with Crippen LogP contribution >= 0.6 is 0 Å². The molecule has 23 heavy (non-hydrogen) atoms. The van der Waals surface area contributed by atoms with E-state index in [4.69, 9.17) is 0 Å². The Morgan fingerprint density at radius 3 is 2.74 bits per heavy atom. The van der Waals surface area contributed by atoms with E-state index >= 15 is 0 Å². The lowest BCUT2D eigenvalue weighted by Gasteiger charge is -2.18. The third-order valence-electron chi connectivity index (χ3n) is 4.01. The highest BCUT2D eigenvalue weighted by Crippen LogP contribution is 2.20. The monoisotopic (exact) mass is 316 g/mol. The molecule has 1 aromatic heterocycles. The van der Waals surface area contributed by atoms with Crippen LogP contribution in [0.5, 0.6) is 0 Å². The first-order chi connectivity index (χ1) is 11.1. The van der Waals surface area contributed by atoms with Crippen LogP contribution in [0.15, 0.2) is 42.6 Å². The summed E-state index contributed by atoms with van der Waals surface area (Å²) in [5, 5.41) is 14.1. The molecule has 1 fully saturated rings. The zero-order chi connectivity index (χ0) is 16.2. The van der Waals surface area contributed by atoms with Crippen molar-refractivity contribution >= 4 is 11.4 Å². The number of hydrogen-bond donors (Lipinski definition) is 1. The molecule has 7 heteroatoms. The Hall–Kier alpha value is -2.54. The number of nitro groups is 1. The number of halogens is 1. The summed E-state index contributed by atoms with van der Waals surface area (Å²) in [4.78, 5) is 16.1. The number of aromatic nitrogens is 1. The molecule has 1 N–H and O–H groups in total. The van der Waals surface area contributed by atoms with Gasteiger partial charge in [0.2, 0.25) is 5.95 Å². The predicted molar refractivity (Wildman–Crippen MR) is 84.7 cm³/mol. The average Bonchev–Trinajstić information content (AvgIpc) is 3.03. The maximum atomic E-state index is 12.9. The molecule has 1 atom stereocenters. The van der Waals surface area contributed by atoms with E-state index in [2.05, 4.69) is 15.2 Å². The molecule has 0 aliphatic carbocycles. The molecule has 1 aliphatic heterocycles. The van der Waals surface area contributed by atoms with Crippen LogP contribution in [0, 0.1) is 16.1 Å². The van der Waals surface area contributed by atoms with E-state index in [1.165, 1.54) is 18.2 Å². The van der Waals surface area contributed by atoms with Crippen LogP contribution in [0.3, 0.4) is 0 Å². The number of hydrogen-bond acceptors (Lipinski definition) is 5. The molecule has 2 heterocycles. The smallest absolute Gasteiger partial charge is 0.269 e. The van der Waals surface area contributed by atoms with Crippen molar-refractivity contribution in [2.24, 2.45) is 0 Å². The van der Waals surface area contributed by atoms with Gasteiger partial charge in [-0.25, -0.2) is 4.98 Å². The first-order valence-corrected chi connectivity index (χ1v) is 7.45. The summed E-state index contributed by atoms with van der Waals surface area (Å²) in [5.74, 6) is -0.471. The molecule has 0 spiro atoms. The van der Waals surface area contributed by atoms with Gasteiger partial charge in [0.25, 0.3) is 5.69 Å². The third kappa shape index (κ3) is 3.81. The van der Waals surface area contributed by atoms with Crippen molar-refractivity contribution in [2.75, 3.05) is 18.0 Å². The Bertz CT molecular complexity index is 675. The van der Waals surface area contributed by atoms with Crippen LogP contribution in [-0.2, 0) is 6.54 Å². The van der Waals surface area contributed by atoms with Crippen molar-refractivity contribution in [3.8, 4) is 0 Å². The minimum atomic E-state index is -0.471. The van der Waals surface area contributed by atoms with E-state index in [0.29, 0.717) is 12.6 Å². The minimum absolute atomic E-state index is 0.101. The van der Waals surface area contributed by atoms with Crippen LogP contribution in [0.25, 0.3) is 0 Å². The summed E-state index contributed by atoms with van der Waals surface area (Å²) < 4.78 is 12.9. The molecule has 3 rings (SSSR count). The molecule has 0 amide bonds. The first kappa shape index (κ1) is 15.4. The molecule has 2 aromatic rings. The number of benzene rings is 1. The lowest BCUT2D eigenvalue weighted by molar-refractivity contribution is -0.384. The number of non-ortho nitro benzene ring substituents is 1. The van der Waals surface area contributed by atoms with Gasteiger partial charge in [-0.1, -0.05) is 12.1 Å². The Labute approximate surface area is 133 Å². The van der Waals surface area contributed by atoms with E-state index in [1.54, 1.807) is 24.4 Å². The molecule has 1 aromatic carbocycles. The Morgan fingerprint density at radius 1 is 1.30 bits per heavy atom. The number of anilines is 1. The molecule has 1 aliphatic rings. The van der Waals surface area contributed by atoms with E-state index < -0.39 is 10.9 Å². The van der Waals surface area contributed by atoms with Gasteiger partial charge < -0.3 is 10.2 Å². The summed E-state index contributed by atoms with van der Waals surface area (Å²) >= 11 is 0. The highest BCUT2D eigenvalue weighted by molar-refractivity contribution is 5.45. The quantitative estimate of drug-likeness (QED) is 0.521. The van der Waals surface area contributed by atoms with Crippen LogP contribution in [-0.4, -0.2) is 29.0 Å². The number of nitrogens with one attached hydrogen (secondary N) is 1. The summed E-state index contributed by atoms with van der Waals surface area (Å²) in [6, 6.07) is 10.00. The number of pyridine rings is 1. The predicted octanol–water partition coefficient (Wildman–Crippen LogP) is 2.50. The van der Waals surface area contributed by atoms with Crippen molar-refractivity contribution in [3.05, 3.63) is 64.2 Å². The molecule has 0 radical (unpaired) electrons. The second kappa shape index (κ2) is 6.70. The molecule has 0 unspecified atom stereocenters. The van der Waals surface area contributed by atoms with Gasteiger partial charge in [0, 0.05) is 37.8 Å². The maximum absolute atomic E-state index is 12.9. The molecule has 0 saturated carbocycles. The maximum Gasteiger partial charge on any atom is 0.269 e. The lowest BCUT2D eigenvalue weighted by Crippen LogP contribution is -2.32. The van der Waals surface area contributed by atoms with Crippen LogP contribution in [0.1, 0.15) is 12.0 Å². The third-order valence-corrected chi connectivity index (χ3v) is 4.01. The summed E-state index contributed by atoms with van der Waals surface area (Å²) in [5.41, 5.74) is 2.04. The average molecular weight is 316 g/mol. The van der Waals surface area contributed by atoms with Crippen molar-refractivity contribution in [2.45, 2.75) is 19.0 Å². The van der Waals surface area contributed by atoms with Crippen molar-refractivity contribution in [1.29, 1.82) is 0 Å². The zero-order valence-electron chi connectivity index (χ0n) is 12.5. The first-order valence-electron chi connectivity index (χ1n) is 7.45. The fourth-order valence-electron chi connectivity index (χ4n) is 2.71. The Kier molecular flexibility index (Phi) is 4.47. The van der Waals surface area contributed by atoms with Crippen molar-refractivity contribution < 1.29 is 9.31 Å². The van der Waals surface area contributed by atoms with Gasteiger partial charge in [-0.15, -0.1) is 0 Å². The normalized spacial score (nSPS) is 17.4. The van der Waals surface area contributed by atoms with E-state index in [-0.39, 0.29) is 5.69 Å². The van der Waals surface area contributed by atoms with Crippen molar-refractivity contribution in [3.63, 3.8) is 0 Å².